The molecule has 5 aromatic rings. The van der Waals surface area contributed by atoms with Crippen LogP contribution in [0.2, 0.25) is 0 Å². The maximum Gasteiger partial charge on any atom is 0.348 e. The van der Waals surface area contributed by atoms with Crippen LogP contribution in [0.1, 0.15) is 27.0 Å². The largest absolute Gasteiger partial charge is 0.477 e. The summed E-state index contributed by atoms with van der Waals surface area (Å²) in [5, 5.41) is 10.6. The zero-order valence-corrected chi connectivity index (χ0v) is 20.8. The van der Waals surface area contributed by atoms with Crippen molar-refractivity contribution in [2.24, 2.45) is 0 Å². The maximum absolute atomic E-state index is 11.9. The molecular weight excluding hydrogens is 488 g/mol. The third-order valence-electron chi connectivity index (χ3n) is 5.43. The molecule has 0 spiro atoms. The van der Waals surface area contributed by atoms with Crippen LogP contribution in [0.5, 0.6) is 0 Å². The van der Waals surface area contributed by atoms with Crippen molar-refractivity contribution < 1.29 is 9.90 Å². The van der Waals surface area contributed by atoms with Crippen molar-refractivity contribution in [2.45, 2.75) is 25.5 Å². The normalized spacial score (nSPS) is 11.4. The molecule has 0 fully saturated rings. The number of carboxylic acid groups (broad SMARTS) is 1. The lowest BCUT2D eigenvalue weighted by atomic mass is 9.98. The summed E-state index contributed by atoms with van der Waals surface area (Å²) in [5.41, 5.74) is 5.34. The van der Waals surface area contributed by atoms with Gasteiger partial charge in [0, 0.05) is 22.0 Å². The average Bonchev–Trinajstić information content (AvgIpc) is 3.51. The van der Waals surface area contributed by atoms with E-state index in [1.165, 1.54) is 11.3 Å². The number of thiophene rings is 1. The lowest BCUT2D eigenvalue weighted by Crippen LogP contribution is -2.04. The topological polar surface area (TPSA) is 101 Å². The molecule has 0 saturated heterocycles. The monoisotopic (exact) mass is 508 g/mol. The highest BCUT2D eigenvalue weighted by Crippen LogP contribution is 2.35. The van der Waals surface area contributed by atoms with Gasteiger partial charge in [-0.2, -0.15) is 4.37 Å². The van der Waals surface area contributed by atoms with E-state index in [-0.39, 0.29) is 4.87 Å². The van der Waals surface area contributed by atoms with Gasteiger partial charge in [0.2, 0.25) is 0 Å². The van der Waals surface area contributed by atoms with Crippen molar-refractivity contribution in [1.29, 1.82) is 0 Å². The van der Waals surface area contributed by atoms with Crippen molar-refractivity contribution in [3.63, 3.8) is 0 Å². The van der Waals surface area contributed by atoms with E-state index < -0.39 is 5.97 Å². The van der Waals surface area contributed by atoms with Crippen molar-refractivity contribution in [1.82, 2.24) is 18.9 Å². The number of aromatic nitrogens is 4. The molecular formula is C24H20N4O3S3. The second-order valence-corrected chi connectivity index (χ2v) is 10.8. The van der Waals surface area contributed by atoms with Gasteiger partial charge < -0.3 is 9.67 Å². The summed E-state index contributed by atoms with van der Waals surface area (Å²) in [6.07, 6.45) is 0. The molecule has 0 amide bonds. The molecule has 0 unspecified atom stereocenters. The number of carbonyl (C=O) groups is 1. The summed E-state index contributed by atoms with van der Waals surface area (Å²) < 4.78 is 6.25. The minimum atomic E-state index is -0.927. The smallest absolute Gasteiger partial charge is 0.348 e. The summed E-state index contributed by atoms with van der Waals surface area (Å²) in [6.45, 7) is 4.50. The first kappa shape index (κ1) is 22.6. The zero-order chi connectivity index (χ0) is 23.8. The van der Waals surface area contributed by atoms with Crippen molar-refractivity contribution in [3.05, 3.63) is 73.5 Å². The van der Waals surface area contributed by atoms with Crippen LogP contribution in [0.15, 0.2) is 58.5 Å². The molecule has 3 heterocycles. The Labute approximate surface area is 207 Å². The standard InChI is InChI=1S/C24H20N4O3S3/c1-3-32-23-25-18-13(2)33-20(22(29)30)19(18)28(23)12-14-8-10-15(11-9-14)16-6-4-5-7-17(16)21-26-24(31)34-27-21/h4-11H,3,12H2,1-2H3,(H,29,30)(H,26,27,31). The number of fused-ring (bicyclic) bond motifs is 1. The molecule has 2 N–H and O–H groups in total. The summed E-state index contributed by atoms with van der Waals surface area (Å²) in [7, 11) is 0. The summed E-state index contributed by atoms with van der Waals surface area (Å²) in [6, 6.07) is 16.0. The molecule has 0 bridgehead atoms. The molecule has 0 saturated carbocycles. The van der Waals surface area contributed by atoms with E-state index in [9.17, 15) is 14.7 Å². The Morgan fingerprint density at radius 3 is 2.53 bits per heavy atom. The molecule has 0 radical (unpaired) electrons. The molecule has 7 nitrogen and oxygen atoms in total. The Morgan fingerprint density at radius 2 is 1.88 bits per heavy atom. The second kappa shape index (κ2) is 9.21. The molecule has 0 aliphatic rings. The summed E-state index contributed by atoms with van der Waals surface area (Å²) in [4.78, 5) is 32.1. The number of nitrogens with zero attached hydrogens (tertiary/aromatic N) is 3. The molecule has 34 heavy (non-hydrogen) atoms. The van der Waals surface area contributed by atoms with Crippen LogP contribution in [0.3, 0.4) is 0 Å². The quantitative estimate of drug-likeness (QED) is 0.272. The van der Waals surface area contributed by atoms with E-state index in [1.54, 1.807) is 11.8 Å². The number of aromatic amines is 1. The number of H-pyrrole nitrogens is 1. The highest BCUT2D eigenvalue weighted by molar-refractivity contribution is 7.99. The van der Waals surface area contributed by atoms with Crippen LogP contribution >= 0.6 is 34.6 Å². The van der Waals surface area contributed by atoms with Gasteiger partial charge in [-0.05, 0) is 29.4 Å². The number of hydrogen-bond acceptors (Lipinski definition) is 7. The summed E-state index contributed by atoms with van der Waals surface area (Å²) in [5.74, 6) is 0.480. The first-order chi connectivity index (χ1) is 16.5. The molecule has 0 aliphatic heterocycles. The van der Waals surface area contributed by atoms with Crippen LogP contribution in [0.4, 0.5) is 0 Å². The molecule has 172 valence electrons. The third-order valence-corrected chi connectivity index (χ3v) is 7.90. The number of rotatable bonds is 7. The molecule has 10 heteroatoms. The van der Waals surface area contributed by atoms with E-state index >= 15 is 0 Å². The van der Waals surface area contributed by atoms with Crippen LogP contribution in [0, 0.1) is 6.92 Å². The van der Waals surface area contributed by atoms with Gasteiger partial charge in [0.15, 0.2) is 11.0 Å². The lowest BCUT2D eigenvalue weighted by Gasteiger charge is -2.11. The first-order valence-electron chi connectivity index (χ1n) is 10.6. The first-order valence-corrected chi connectivity index (χ1v) is 13.1. The SMILES string of the molecule is CCSc1nc2c(C)sc(C(=O)O)c2n1Cc1ccc(-c2ccccc2-c2nsc(=O)[nH]2)cc1. The van der Waals surface area contributed by atoms with E-state index in [4.69, 9.17) is 4.98 Å². The Hall–Kier alpha value is -3.21. The molecule has 2 aromatic carbocycles. The minimum Gasteiger partial charge on any atom is -0.477 e. The van der Waals surface area contributed by atoms with Crippen LogP contribution in [0.25, 0.3) is 33.5 Å². The van der Waals surface area contributed by atoms with Gasteiger partial charge in [-0.3, -0.25) is 9.78 Å². The van der Waals surface area contributed by atoms with Crippen molar-refractivity contribution >= 4 is 51.6 Å². The van der Waals surface area contributed by atoms with Gasteiger partial charge in [0.25, 0.3) is 0 Å². The highest BCUT2D eigenvalue weighted by Gasteiger charge is 2.23. The number of nitrogens with one attached hydrogen (secondary N) is 1. The maximum atomic E-state index is 11.9. The van der Waals surface area contributed by atoms with Crippen LogP contribution in [-0.4, -0.2) is 35.7 Å². The fraction of sp³-hybridized carbons (Fsp3) is 0.167. The summed E-state index contributed by atoms with van der Waals surface area (Å²) >= 11 is 3.79. The van der Waals surface area contributed by atoms with Crippen molar-refractivity contribution in [3.8, 4) is 22.5 Å². The Bertz CT molecular complexity index is 1560. The van der Waals surface area contributed by atoms with Gasteiger partial charge in [0.05, 0.1) is 12.1 Å². The van der Waals surface area contributed by atoms with Gasteiger partial charge >= 0.3 is 10.8 Å². The van der Waals surface area contributed by atoms with Gasteiger partial charge in [-0.15, -0.1) is 11.3 Å². The van der Waals surface area contributed by atoms with Gasteiger partial charge in [-0.1, -0.05) is 67.2 Å². The van der Waals surface area contributed by atoms with E-state index in [1.807, 2.05) is 60.0 Å². The number of thioether (sulfide) groups is 1. The Morgan fingerprint density at radius 1 is 1.15 bits per heavy atom. The number of benzene rings is 2. The second-order valence-electron chi connectivity index (χ2n) is 7.59. The van der Waals surface area contributed by atoms with Crippen LogP contribution in [-0.2, 0) is 6.54 Å². The van der Waals surface area contributed by atoms with E-state index in [0.29, 0.717) is 22.8 Å². The fourth-order valence-electron chi connectivity index (χ4n) is 3.95. The van der Waals surface area contributed by atoms with Crippen molar-refractivity contribution in [2.75, 3.05) is 5.75 Å². The number of aromatic carboxylic acids is 1. The minimum absolute atomic E-state index is 0.183. The lowest BCUT2D eigenvalue weighted by molar-refractivity contribution is 0.0703. The third kappa shape index (κ3) is 4.08. The molecule has 5 rings (SSSR count). The predicted molar refractivity (Wildman–Crippen MR) is 138 cm³/mol. The molecule has 0 aliphatic carbocycles. The van der Waals surface area contributed by atoms with Crippen LogP contribution < -0.4 is 4.87 Å². The molecule has 0 atom stereocenters. The number of aryl methyl sites for hydroxylation is 1. The van der Waals surface area contributed by atoms with Gasteiger partial charge in [-0.25, -0.2) is 9.78 Å². The number of hydrogen-bond donors (Lipinski definition) is 2. The average molecular weight is 509 g/mol. The predicted octanol–water partition coefficient (Wildman–Crippen LogP) is 5.74. The fourth-order valence-corrected chi connectivity index (χ4v) is 6.07. The Kier molecular flexibility index (Phi) is 6.11. The number of carboxylic acids is 1. The van der Waals surface area contributed by atoms with Gasteiger partial charge in [0.1, 0.15) is 10.4 Å². The zero-order valence-electron chi connectivity index (χ0n) is 18.4. The van der Waals surface area contributed by atoms with E-state index in [0.717, 1.165) is 55.1 Å². The van der Waals surface area contributed by atoms with E-state index in [2.05, 4.69) is 16.3 Å². The highest BCUT2D eigenvalue weighted by atomic mass is 32.2. The Balaban J connectivity index is 1.52. The molecule has 3 aromatic heterocycles. The number of imidazole rings is 1.